The lowest BCUT2D eigenvalue weighted by atomic mass is 10.3. The normalized spacial score (nSPS) is 10.4. The average molecular weight is 309 g/mol. The largest absolute Gasteiger partial charge is 0.383 e. The molecule has 0 aliphatic rings. The van der Waals surface area contributed by atoms with Gasteiger partial charge in [0.15, 0.2) is 0 Å². The van der Waals surface area contributed by atoms with E-state index >= 15 is 0 Å². The lowest BCUT2D eigenvalue weighted by Gasteiger charge is -2.08. The highest BCUT2D eigenvalue weighted by molar-refractivity contribution is 9.10. The molecule has 0 spiro atoms. The molecule has 1 N–H and O–H groups in total. The van der Waals surface area contributed by atoms with E-state index in [9.17, 15) is 0 Å². The Morgan fingerprint density at radius 2 is 2.12 bits per heavy atom. The third kappa shape index (κ3) is 5.16. The Hall–Kier alpha value is -0.290. The molecule has 0 amide bonds. The molecular weight excluding hydrogens is 293 g/mol. The zero-order valence-electron chi connectivity index (χ0n) is 9.13. The monoisotopic (exact) mass is 307 g/mol. The molecule has 0 unspecified atom stereocenters. The summed E-state index contributed by atoms with van der Waals surface area (Å²) in [6.07, 6.45) is 0. The first kappa shape index (κ1) is 13.8. The smallest absolute Gasteiger partial charge is 0.0701 e. The van der Waals surface area contributed by atoms with Crippen molar-refractivity contribution in [3.05, 3.63) is 27.7 Å². The second-order valence-electron chi connectivity index (χ2n) is 3.16. The molecule has 0 fully saturated rings. The fraction of sp³-hybridized carbons (Fsp3) is 0.455. The predicted octanol–water partition coefficient (Wildman–Crippen LogP) is 3.18. The number of nitrogens with one attached hydrogen (secondary N) is 1. The summed E-state index contributed by atoms with van der Waals surface area (Å²) in [5.74, 6) is 0. The van der Waals surface area contributed by atoms with Crippen molar-refractivity contribution in [1.82, 2.24) is 0 Å². The fourth-order valence-corrected chi connectivity index (χ4v) is 1.61. The summed E-state index contributed by atoms with van der Waals surface area (Å²) in [4.78, 5) is 0. The summed E-state index contributed by atoms with van der Waals surface area (Å²) in [5, 5.41) is 3.95. The summed E-state index contributed by atoms with van der Waals surface area (Å²) < 4.78 is 11.1. The predicted molar refractivity (Wildman–Crippen MR) is 70.3 cm³/mol. The van der Waals surface area contributed by atoms with E-state index in [-0.39, 0.29) is 0 Å². The summed E-state index contributed by atoms with van der Waals surface area (Å²) in [6.45, 7) is 2.68. The Labute approximate surface area is 109 Å². The van der Waals surface area contributed by atoms with Crippen molar-refractivity contribution >= 4 is 33.2 Å². The number of methoxy groups -OCH3 is 1. The standard InChI is InChI=1S/C11H15BrClNO2/c1-15-6-7-16-5-4-14-9-2-3-11(13)10(12)8-9/h2-3,8,14H,4-7H2,1H3. The molecule has 0 aliphatic heterocycles. The van der Waals surface area contributed by atoms with Gasteiger partial charge in [0.2, 0.25) is 0 Å². The van der Waals surface area contributed by atoms with Crippen LogP contribution in [0.2, 0.25) is 5.02 Å². The maximum atomic E-state index is 5.89. The molecule has 0 atom stereocenters. The van der Waals surface area contributed by atoms with Gasteiger partial charge in [-0.2, -0.15) is 0 Å². The maximum absolute atomic E-state index is 5.89. The van der Waals surface area contributed by atoms with E-state index in [0.29, 0.717) is 24.8 Å². The van der Waals surface area contributed by atoms with Crippen LogP contribution in [0.1, 0.15) is 0 Å². The minimum absolute atomic E-state index is 0.627. The highest BCUT2D eigenvalue weighted by atomic mass is 79.9. The molecule has 1 aromatic carbocycles. The number of rotatable bonds is 7. The zero-order valence-corrected chi connectivity index (χ0v) is 11.5. The topological polar surface area (TPSA) is 30.5 Å². The van der Waals surface area contributed by atoms with Gasteiger partial charge in [0.05, 0.1) is 24.8 Å². The van der Waals surface area contributed by atoms with E-state index < -0.39 is 0 Å². The Balaban J connectivity index is 2.19. The van der Waals surface area contributed by atoms with E-state index in [1.807, 2.05) is 18.2 Å². The van der Waals surface area contributed by atoms with Gasteiger partial charge in [0.25, 0.3) is 0 Å². The highest BCUT2D eigenvalue weighted by Gasteiger charge is 1.98. The fourth-order valence-electron chi connectivity index (χ4n) is 1.12. The van der Waals surface area contributed by atoms with Crippen LogP contribution in [-0.4, -0.2) is 33.5 Å². The molecule has 90 valence electrons. The van der Waals surface area contributed by atoms with E-state index in [4.69, 9.17) is 21.1 Å². The van der Waals surface area contributed by atoms with Crippen molar-refractivity contribution in [3.63, 3.8) is 0 Å². The lowest BCUT2D eigenvalue weighted by molar-refractivity contribution is 0.0759. The molecule has 1 aromatic rings. The first-order chi connectivity index (χ1) is 7.74. The number of ether oxygens (including phenoxy) is 2. The number of halogens is 2. The van der Waals surface area contributed by atoms with Crippen LogP contribution in [0.3, 0.4) is 0 Å². The Morgan fingerprint density at radius 3 is 2.81 bits per heavy atom. The maximum Gasteiger partial charge on any atom is 0.0701 e. The minimum atomic E-state index is 0.627. The van der Waals surface area contributed by atoms with Crippen molar-refractivity contribution in [2.45, 2.75) is 0 Å². The van der Waals surface area contributed by atoms with Crippen LogP contribution >= 0.6 is 27.5 Å². The van der Waals surface area contributed by atoms with Crippen LogP contribution in [0.4, 0.5) is 5.69 Å². The quantitative estimate of drug-likeness (QED) is 0.785. The summed E-state index contributed by atoms with van der Waals surface area (Å²) in [7, 11) is 1.66. The molecule has 0 saturated heterocycles. The van der Waals surface area contributed by atoms with Crippen molar-refractivity contribution in [1.29, 1.82) is 0 Å². The van der Waals surface area contributed by atoms with Crippen LogP contribution in [0.25, 0.3) is 0 Å². The van der Waals surface area contributed by atoms with Gasteiger partial charge in [-0.15, -0.1) is 0 Å². The van der Waals surface area contributed by atoms with Crippen molar-refractivity contribution in [2.75, 3.05) is 38.8 Å². The van der Waals surface area contributed by atoms with Gasteiger partial charge in [0.1, 0.15) is 0 Å². The van der Waals surface area contributed by atoms with E-state index in [1.165, 1.54) is 0 Å². The van der Waals surface area contributed by atoms with Crippen molar-refractivity contribution in [2.24, 2.45) is 0 Å². The Kier molecular flexibility index (Phi) is 6.80. The third-order valence-corrected chi connectivity index (χ3v) is 3.14. The van der Waals surface area contributed by atoms with Gasteiger partial charge in [0, 0.05) is 23.8 Å². The minimum Gasteiger partial charge on any atom is -0.383 e. The molecule has 0 heterocycles. The summed E-state index contributed by atoms with van der Waals surface area (Å²) in [5.41, 5.74) is 1.02. The average Bonchev–Trinajstić information content (AvgIpc) is 2.28. The van der Waals surface area contributed by atoms with Crippen molar-refractivity contribution < 1.29 is 9.47 Å². The molecule has 16 heavy (non-hydrogen) atoms. The molecular formula is C11H15BrClNO2. The van der Waals surface area contributed by atoms with Gasteiger partial charge >= 0.3 is 0 Å². The Bertz CT molecular complexity index is 323. The number of hydrogen-bond acceptors (Lipinski definition) is 3. The molecule has 3 nitrogen and oxygen atoms in total. The highest BCUT2D eigenvalue weighted by Crippen LogP contribution is 2.25. The van der Waals surface area contributed by atoms with E-state index in [0.717, 1.165) is 16.7 Å². The summed E-state index contributed by atoms with van der Waals surface area (Å²) >= 11 is 9.26. The zero-order chi connectivity index (χ0) is 11.8. The third-order valence-electron chi connectivity index (χ3n) is 1.93. The van der Waals surface area contributed by atoms with Crippen LogP contribution in [0, 0.1) is 0 Å². The molecule has 1 rings (SSSR count). The van der Waals surface area contributed by atoms with Gasteiger partial charge in [-0.1, -0.05) is 11.6 Å². The van der Waals surface area contributed by atoms with Gasteiger partial charge in [-0.3, -0.25) is 0 Å². The molecule has 0 bridgehead atoms. The van der Waals surface area contributed by atoms with E-state index in [2.05, 4.69) is 21.2 Å². The van der Waals surface area contributed by atoms with Gasteiger partial charge < -0.3 is 14.8 Å². The van der Waals surface area contributed by atoms with Crippen LogP contribution in [0.5, 0.6) is 0 Å². The second-order valence-corrected chi connectivity index (χ2v) is 4.42. The first-order valence-corrected chi connectivity index (χ1v) is 6.16. The molecule has 0 aromatic heterocycles. The molecule has 0 saturated carbocycles. The van der Waals surface area contributed by atoms with E-state index in [1.54, 1.807) is 7.11 Å². The summed E-state index contributed by atoms with van der Waals surface area (Å²) in [6, 6.07) is 5.72. The molecule has 5 heteroatoms. The number of anilines is 1. The number of hydrogen-bond donors (Lipinski definition) is 1. The number of benzene rings is 1. The van der Waals surface area contributed by atoms with Crippen LogP contribution < -0.4 is 5.32 Å². The lowest BCUT2D eigenvalue weighted by Crippen LogP contribution is -2.11. The first-order valence-electron chi connectivity index (χ1n) is 4.99. The molecule has 0 aliphatic carbocycles. The Morgan fingerprint density at radius 1 is 1.31 bits per heavy atom. The van der Waals surface area contributed by atoms with Gasteiger partial charge in [-0.05, 0) is 34.1 Å². The van der Waals surface area contributed by atoms with Gasteiger partial charge in [-0.25, -0.2) is 0 Å². The molecule has 0 radical (unpaired) electrons. The van der Waals surface area contributed by atoms with Crippen molar-refractivity contribution in [3.8, 4) is 0 Å². The van der Waals surface area contributed by atoms with Crippen LogP contribution in [-0.2, 0) is 9.47 Å². The second kappa shape index (κ2) is 7.90. The van der Waals surface area contributed by atoms with Crippen LogP contribution in [0.15, 0.2) is 22.7 Å². The SMILES string of the molecule is COCCOCCNc1ccc(Cl)c(Br)c1.